The van der Waals surface area contributed by atoms with E-state index in [2.05, 4.69) is 49.3 Å². The fourth-order valence-corrected chi connectivity index (χ4v) is 11.0. The van der Waals surface area contributed by atoms with Crippen molar-refractivity contribution in [1.82, 2.24) is 9.80 Å². The number of fused-ring (bicyclic) bond motifs is 4. The summed E-state index contributed by atoms with van der Waals surface area (Å²) in [5.74, 6) is -1.59. The molecule has 12 nitrogen and oxygen atoms in total. The zero-order valence-electron chi connectivity index (χ0n) is 42.7. The SMILES string of the molecule is CCC(CC)C(=O)Nc1ccc(N2CCN(C3c4ccc(-c5ccc6c(c5)C(=O)Nc5ccccc5C6N5CCN(c6ccc(NC(=O)C(C)(C)CC)cc6F)CC5)cc4NC(=O)c4ccccc43)CC2)c(F)c1. The summed E-state index contributed by atoms with van der Waals surface area (Å²) in [6, 6.07) is 37.0. The van der Waals surface area contributed by atoms with Gasteiger partial charge in [-0.05, 0) is 113 Å². The number of hydrogen-bond donors (Lipinski definition) is 4. The minimum Gasteiger partial charge on any atom is -0.367 e. The van der Waals surface area contributed by atoms with Crippen LogP contribution < -0.4 is 31.1 Å². The number of benzene rings is 6. The van der Waals surface area contributed by atoms with Gasteiger partial charge in [0.2, 0.25) is 11.8 Å². The number of hydrogen-bond acceptors (Lipinski definition) is 8. The highest BCUT2D eigenvalue weighted by Crippen LogP contribution is 2.44. The predicted molar refractivity (Wildman–Crippen MR) is 290 cm³/mol. The van der Waals surface area contributed by atoms with Gasteiger partial charge in [-0.3, -0.25) is 29.0 Å². The number of piperazine rings is 2. The standard InChI is InChI=1S/C60H64F2N8O4/c1-6-37(7-2)56(71)63-40-19-23-52(48(61)35-40)67-25-29-69(30-26-67)54-42-13-9-10-14-44(42)57(72)66-51-34-39(18-22-46(51)54)38-17-21-43-47(33-38)58(73)65-50-16-12-11-15-45(50)55(43)70-31-27-68(28-32-70)53-24-20-41(36-49(53)62)64-59(74)60(4,5)8-3/h9-24,33-37,54-55H,6-8,25-32H2,1-5H3,(H,63,71)(H,64,74)(H,65,73)(H,66,72). The van der Waals surface area contributed by atoms with Crippen LogP contribution in [0.25, 0.3) is 11.1 Å². The molecule has 4 heterocycles. The number of nitrogens with zero attached hydrogens (tertiary/aromatic N) is 4. The average Bonchev–Trinajstić information content (AvgIpc) is 3.62. The summed E-state index contributed by atoms with van der Waals surface area (Å²) in [4.78, 5) is 62.7. The van der Waals surface area contributed by atoms with E-state index in [1.54, 1.807) is 24.3 Å². The molecule has 14 heteroatoms. The van der Waals surface area contributed by atoms with Crippen molar-refractivity contribution in [3.8, 4) is 11.1 Å². The third-order valence-corrected chi connectivity index (χ3v) is 15.8. The van der Waals surface area contributed by atoms with Crippen LogP contribution in [0.5, 0.6) is 0 Å². The molecule has 0 radical (unpaired) electrons. The van der Waals surface area contributed by atoms with Crippen LogP contribution in [0.3, 0.4) is 0 Å². The van der Waals surface area contributed by atoms with Crippen molar-refractivity contribution >= 4 is 57.8 Å². The number of para-hydroxylation sites is 1. The first-order chi connectivity index (χ1) is 35.7. The number of carbonyl (C=O) groups excluding carboxylic acids is 4. The third kappa shape index (κ3) is 9.76. The smallest absolute Gasteiger partial charge is 0.256 e. The maximum Gasteiger partial charge on any atom is 0.256 e. The largest absolute Gasteiger partial charge is 0.367 e. The Morgan fingerprint density at radius 1 is 0.568 bits per heavy atom. The molecule has 6 aromatic rings. The van der Waals surface area contributed by atoms with E-state index in [9.17, 15) is 19.2 Å². The normalized spacial score (nSPS) is 18.0. The minimum atomic E-state index is -0.572. The molecule has 0 spiro atoms. The molecule has 10 rings (SSSR count). The van der Waals surface area contributed by atoms with Crippen LogP contribution in [0.1, 0.15) is 109 Å². The van der Waals surface area contributed by atoms with Crippen molar-refractivity contribution in [2.75, 3.05) is 83.4 Å². The Kier molecular flexibility index (Phi) is 14.1. The average molecular weight is 999 g/mol. The Balaban J connectivity index is 0.894. The molecule has 2 saturated heterocycles. The van der Waals surface area contributed by atoms with Crippen molar-refractivity contribution in [2.24, 2.45) is 11.3 Å². The van der Waals surface area contributed by atoms with Gasteiger partial charge in [0.1, 0.15) is 11.6 Å². The molecular weight excluding hydrogens is 935 g/mol. The summed E-state index contributed by atoms with van der Waals surface area (Å²) < 4.78 is 31.4. The molecule has 4 aliphatic heterocycles. The lowest BCUT2D eigenvalue weighted by Gasteiger charge is -2.41. The van der Waals surface area contributed by atoms with Gasteiger partial charge in [0, 0.05) is 97.6 Å². The molecular formula is C60H64F2N8O4. The van der Waals surface area contributed by atoms with Gasteiger partial charge in [0.15, 0.2) is 0 Å². The lowest BCUT2D eigenvalue weighted by molar-refractivity contribution is -0.124. The van der Waals surface area contributed by atoms with Gasteiger partial charge < -0.3 is 31.1 Å². The van der Waals surface area contributed by atoms with Crippen LogP contribution in [-0.4, -0.2) is 85.8 Å². The molecule has 382 valence electrons. The van der Waals surface area contributed by atoms with Gasteiger partial charge in [-0.25, -0.2) is 8.78 Å². The second-order valence-electron chi connectivity index (χ2n) is 20.6. The minimum absolute atomic E-state index is 0.103. The Morgan fingerprint density at radius 3 is 1.64 bits per heavy atom. The van der Waals surface area contributed by atoms with Crippen molar-refractivity contribution in [1.29, 1.82) is 0 Å². The monoisotopic (exact) mass is 999 g/mol. The molecule has 4 N–H and O–H groups in total. The summed E-state index contributed by atoms with van der Waals surface area (Å²) in [5, 5.41) is 12.2. The number of amides is 4. The lowest BCUT2D eigenvalue weighted by atomic mass is 9.89. The molecule has 0 aromatic heterocycles. The highest BCUT2D eigenvalue weighted by atomic mass is 19.1. The van der Waals surface area contributed by atoms with Gasteiger partial charge in [-0.15, -0.1) is 0 Å². The maximum absolute atomic E-state index is 15.7. The number of carbonyl (C=O) groups is 4. The van der Waals surface area contributed by atoms with E-state index < -0.39 is 11.2 Å². The Morgan fingerprint density at radius 2 is 1.05 bits per heavy atom. The molecule has 74 heavy (non-hydrogen) atoms. The molecule has 0 aliphatic carbocycles. The molecule has 6 aromatic carbocycles. The van der Waals surface area contributed by atoms with Gasteiger partial charge in [0.25, 0.3) is 11.8 Å². The van der Waals surface area contributed by atoms with Crippen LogP contribution in [0, 0.1) is 23.0 Å². The van der Waals surface area contributed by atoms with E-state index in [0.717, 1.165) is 39.1 Å². The van der Waals surface area contributed by atoms with Gasteiger partial charge in [-0.2, -0.15) is 0 Å². The van der Waals surface area contributed by atoms with Gasteiger partial charge in [-0.1, -0.05) is 95.3 Å². The molecule has 4 aliphatic rings. The zero-order valence-corrected chi connectivity index (χ0v) is 42.7. The summed E-state index contributed by atoms with van der Waals surface area (Å²) in [6.07, 6.45) is 2.09. The van der Waals surface area contributed by atoms with E-state index >= 15 is 8.78 Å². The topological polar surface area (TPSA) is 129 Å². The molecule has 0 bridgehead atoms. The van der Waals surface area contributed by atoms with Crippen molar-refractivity contribution < 1.29 is 28.0 Å². The van der Waals surface area contributed by atoms with E-state index in [-0.39, 0.29) is 47.4 Å². The first kappa shape index (κ1) is 50.1. The highest BCUT2D eigenvalue weighted by Gasteiger charge is 2.37. The fraction of sp³-hybridized carbons (Fsp3) is 0.333. The predicted octanol–water partition coefficient (Wildman–Crippen LogP) is 11.3. The Hall–Kier alpha value is -7.42. The molecule has 2 unspecified atom stereocenters. The molecule has 2 atom stereocenters. The first-order valence-electron chi connectivity index (χ1n) is 26.0. The van der Waals surface area contributed by atoms with E-state index in [0.29, 0.717) is 111 Å². The number of halogens is 2. The third-order valence-electron chi connectivity index (χ3n) is 15.8. The van der Waals surface area contributed by atoms with Crippen molar-refractivity contribution in [3.63, 3.8) is 0 Å². The van der Waals surface area contributed by atoms with Crippen LogP contribution in [0.4, 0.5) is 42.9 Å². The summed E-state index contributed by atoms with van der Waals surface area (Å²) in [6.45, 7) is 14.2. The van der Waals surface area contributed by atoms with Crippen molar-refractivity contribution in [2.45, 2.75) is 66.0 Å². The van der Waals surface area contributed by atoms with Crippen LogP contribution >= 0.6 is 0 Å². The number of nitrogens with one attached hydrogen (secondary N) is 4. The summed E-state index contributed by atoms with van der Waals surface area (Å²) >= 11 is 0. The van der Waals surface area contributed by atoms with Crippen molar-refractivity contribution in [3.05, 3.63) is 166 Å². The Bertz CT molecular complexity index is 3140. The van der Waals surface area contributed by atoms with Gasteiger partial charge in [0.05, 0.1) is 23.5 Å². The maximum atomic E-state index is 15.7. The van der Waals surface area contributed by atoms with Gasteiger partial charge >= 0.3 is 0 Å². The van der Waals surface area contributed by atoms with Crippen LogP contribution in [-0.2, 0) is 9.59 Å². The quantitative estimate of drug-likeness (QED) is 0.0954. The Labute approximate surface area is 432 Å². The number of rotatable bonds is 12. The van der Waals surface area contributed by atoms with Crippen LogP contribution in [0.15, 0.2) is 121 Å². The summed E-state index contributed by atoms with van der Waals surface area (Å²) in [5.41, 5.74) is 9.10. The summed E-state index contributed by atoms with van der Waals surface area (Å²) in [7, 11) is 0. The molecule has 0 saturated carbocycles. The molecule has 2 fully saturated rings. The van der Waals surface area contributed by atoms with E-state index in [1.807, 2.05) is 111 Å². The van der Waals surface area contributed by atoms with Crippen LogP contribution in [0.2, 0.25) is 0 Å². The second-order valence-corrected chi connectivity index (χ2v) is 20.6. The number of anilines is 6. The van der Waals surface area contributed by atoms with E-state index in [1.165, 1.54) is 12.1 Å². The lowest BCUT2D eigenvalue weighted by Crippen LogP contribution is -2.48. The second kappa shape index (κ2) is 20.8. The molecule has 4 amide bonds. The fourth-order valence-electron chi connectivity index (χ4n) is 11.0. The zero-order chi connectivity index (χ0) is 51.8. The highest BCUT2D eigenvalue weighted by molar-refractivity contribution is 6.09. The van der Waals surface area contributed by atoms with E-state index in [4.69, 9.17) is 0 Å². The first-order valence-corrected chi connectivity index (χ1v) is 26.0.